The van der Waals surface area contributed by atoms with Gasteiger partial charge in [0, 0.05) is 35.9 Å². The van der Waals surface area contributed by atoms with Crippen LogP contribution in [-0.4, -0.2) is 40.8 Å². The lowest BCUT2D eigenvalue weighted by Crippen LogP contribution is -2.67. The van der Waals surface area contributed by atoms with Crippen LogP contribution in [0.2, 0.25) is 0 Å². The lowest BCUT2D eigenvalue weighted by Gasteiger charge is -2.58. The molecule has 1 N–H and O–H groups in total. The third-order valence-electron chi connectivity index (χ3n) is 8.71. The number of fused-ring (bicyclic) bond motifs is 5. The molecule has 5 atom stereocenters. The Labute approximate surface area is 207 Å². The second-order valence-corrected chi connectivity index (χ2v) is 10.4. The molecule has 35 heavy (non-hydrogen) atoms. The van der Waals surface area contributed by atoms with E-state index in [-0.39, 0.29) is 6.04 Å². The van der Waals surface area contributed by atoms with E-state index in [1.165, 1.54) is 22.8 Å². The number of aromatic nitrogens is 1. The summed E-state index contributed by atoms with van der Waals surface area (Å²) in [6.45, 7) is 7.23. The number of methoxy groups -OCH3 is 1. The highest BCUT2D eigenvalue weighted by atomic mass is 16.5. The third kappa shape index (κ3) is 3.72. The van der Waals surface area contributed by atoms with Crippen molar-refractivity contribution >= 4 is 21.7 Å². The van der Waals surface area contributed by atoms with Crippen LogP contribution < -0.4 is 4.74 Å². The van der Waals surface area contributed by atoms with Crippen LogP contribution in [0.3, 0.4) is 0 Å². The van der Waals surface area contributed by atoms with Crippen LogP contribution in [0.5, 0.6) is 5.75 Å². The van der Waals surface area contributed by atoms with Crippen molar-refractivity contribution < 1.29 is 14.3 Å². The molecule has 0 amide bonds. The molecule has 0 spiro atoms. The Morgan fingerprint density at radius 3 is 2.83 bits per heavy atom. The van der Waals surface area contributed by atoms with E-state index in [0.29, 0.717) is 11.8 Å². The Bertz CT molecular complexity index is 1390. The zero-order chi connectivity index (χ0) is 24.0. The van der Waals surface area contributed by atoms with E-state index in [1.807, 2.05) is 30.5 Å². The number of rotatable bonds is 6. The van der Waals surface area contributed by atoms with E-state index in [9.17, 15) is 5.11 Å². The SMILES string of the molecule is C=CC1C[N+]2(Cc3cccc4ccccc34)CC[C@H]1CC2[C@@H](O)c1ccnc2ccc(OC)cc12. The molecule has 1 aromatic heterocycles. The highest BCUT2D eigenvalue weighted by Gasteiger charge is 2.54. The molecule has 3 saturated heterocycles. The van der Waals surface area contributed by atoms with Gasteiger partial charge in [-0.1, -0.05) is 48.5 Å². The summed E-state index contributed by atoms with van der Waals surface area (Å²) in [5.74, 6) is 1.87. The Morgan fingerprint density at radius 2 is 1.97 bits per heavy atom. The van der Waals surface area contributed by atoms with Gasteiger partial charge in [-0.25, -0.2) is 0 Å². The van der Waals surface area contributed by atoms with Crippen molar-refractivity contribution in [1.29, 1.82) is 0 Å². The van der Waals surface area contributed by atoms with Crippen LogP contribution >= 0.6 is 0 Å². The predicted molar refractivity (Wildman–Crippen MR) is 141 cm³/mol. The first-order valence-electron chi connectivity index (χ1n) is 12.7. The molecule has 7 rings (SSSR count). The van der Waals surface area contributed by atoms with Gasteiger partial charge < -0.3 is 14.3 Å². The first-order chi connectivity index (χ1) is 17.1. The molecule has 3 aliphatic heterocycles. The summed E-state index contributed by atoms with van der Waals surface area (Å²) < 4.78 is 6.39. The van der Waals surface area contributed by atoms with Gasteiger partial charge in [0.05, 0.1) is 25.7 Å². The summed E-state index contributed by atoms with van der Waals surface area (Å²) in [6, 6.07) is 23.3. The van der Waals surface area contributed by atoms with Crippen LogP contribution in [-0.2, 0) is 6.54 Å². The fourth-order valence-corrected chi connectivity index (χ4v) is 6.89. The highest BCUT2D eigenvalue weighted by molar-refractivity contribution is 5.85. The fraction of sp³-hybridized carbons (Fsp3) is 0.323. The first kappa shape index (κ1) is 22.3. The van der Waals surface area contributed by atoms with Crippen molar-refractivity contribution in [2.45, 2.75) is 31.5 Å². The van der Waals surface area contributed by atoms with Gasteiger partial charge in [0.1, 0.15) is 24.4 Å². The number of aliphatic hydroxyl groups is 1. The molecule has 4 heterocycles. The normalized spacial score (nSPS) is 26.6. The smallest absolute Gasteiger partial charge is 0.131 e. The summed E-state index contributed by atoms with van der Waals surface area (Å²) >= 11 is 0. The monoisotopic (exact) mass is 465 g/mol. The largest absolute Gasteiger partial charge is 0.497 e. The average molecular weight is 466 g/mol. The lowest BCUT2D eigenvalue weighted by atomic mass is 9.71. The number of pyridine rings is 1. The van der Waals surface area contributed by atoms with Crippen molar-refractivity contribution in [2.24, 2.45) is 11.8 Å². The predicted octanol–water partition coefficient (Wildman–Crippen LogP) is 6.04. The van der Waals surface area contributed by atoms with E-state index in [0.717, 1.165) is 52.8 Å². The molecular weight excluding hydrogens is 432 g/mol. The minimum absolute atomic E-state index is 0.126. The van der Waals surface area contributed by atoms with E-state index in [2.05, 4.69) is 60.1 Å². The maximum atomic E-state index is 12.0. The second-order valence-electron chi connectivity index (χ2n) is 10.4. The molecule has 0 aliphatic carbocycles. The maximum Gasteiger partial charge on any atom is 0.131 e. The molecule has 178 valence electrons. The van der Waals surface area contributed by atoms with Crippen LogP contribution in [0.25, 0.3) is 21.7 Å². The quantitative estimate of drug-likeness (QED) is 0.279. The van der Waals surface area contributed by atoms with Crippen LogP contribution in [0.15, 0.2) is 85.6 Å². The molecule has 3 aromatic carbocycles. The Morgan fingerprint density at radius 1 is 1.11 bits per heavy atom. The van der Waals surface area contributed by atoms with Gasteiger partial charge in [-0.05, 0) is 46.5 Å². The number of nitrogens with zero attached hydrogens (tertiary/aromatic N) is 2. The van der Waals surface area contributed by atoms with Gasteiger partial charge in [-0.2, -0.15) is 0 Å². The summed E-state index contributed by atoms with van der Waals surface area (Å²) in [5, 5.41) is 15.6. The zero-order valence-corrected chi connectivity index (χ0v) is 20.3. The number of ether oxygens (including phenoxy) is 1. The minimum Gasteiger partial charge on any atom is -0.497 e. The van der Waals surface area contributed by atoms with Crippen LogP contribution in [0, 0.1) is 11.8 Å². The third-order valence-corrected chi connectivity index (χ3v) is 8.71. The van der Waals surface area contributed by atoms with Crippen LogP contribution in [0.1, 0.15) is 30.1 Å². The Hall–Kier alpha value is -3.21. The van der Waals surface area contributed by atoms with Gasteiger partial charge in [0.2, 0.25) is 0 Å². The van der Waals surface area contributed by atoms with Gasteiger partial charge in [0.15, 0.2) is 0 Å². The number of piperidine rings is 3. The molecule has 4 aromatic rings. The van der Waals surface area contributed by atoms with E-state index in [4.69, 9.17) is 4.74 Å². The summed E-state index contributed by atoms with van der Waals surface area (Å²) in [6.07, 6.45) is 5.61. The lowest BCUT2D eigenvalue weighted by molar-refractivity contribution is -0.984. The molecule has 4 nitrogen and oxygen atoms in total. The minimum atomic E-state index is -0.573. The van der Waals surface area contributed by atoms with Gasteiger partial charge in [0.25, 0.3) is 0 Å². The van der Waals surface area contributed by atoms with Gasteiger partial charge in [-0.15, -0.1) is 6.58 Å². The van der Waals surface area contributed by atoms with E-state index >= 15 is 0 Å². The second kappa shape index (κ2) is 8.78. The number of hydrogen-bond donors (Lipinski definition) is 1. The molecule has 0 saturated carbocycles. The number of aliphatic hydroxyl groups excluding tert-OH is 1. The van der Waals surface area contributed by atoms with E-state index in [1.54, 1.807) is 7.11 Å². The van der Waals surface area contributed by atoms with Crippen molar-refractivity contribution in [3.8, 4) is 5.75 Å². The van der Waals surface area contributed by atoms with E-state index < -0.39 is 6.10 Å². The fourth-order valence-electron chi connectivity index (χ4n) is 6.89. The molecular formula is C31H33N2O2+. The topological polar surface area (TPSA) is 42.4 Å². The number of benzene rings is 3. The Kier molecular flexibility index (Phi) is 5.58. The molecule has 4 heteroatoms. The summed E-state index contributed by atoms with van der Waals surface area (Å²) in [7, 11) is 1.68. The summed E-state index contributed by atoms with van der Waals surface area (Å²) in [5.41, 5.74) is 3.21. The van der Waals surface area contributed by atoms with Gasteiger partial charge >= 0.3 is 0 Å². The average Bonchev–Trinajstić information content (AvgIpc) is 2.92. The molecule has 2 bridgehead atoms. The summed E-state index contributed by atoms with van der Waals surface area (Å²) in [4.78, 5) is 4.55. The first-order valence-corrected chi connectivity index (χ1v) is 12.7. The van der Waals surface area contributed by atoms with Gasteiger partial charge in [-0.3, -0.25) is 4.98 Å². The molecule has 0 radical (unpaired) electrons. The van der Waals surface area contributed by atoms with Crippen molar-refractivity contribution in [2.75, 3.05) is 20.2 Å². The van der Waals surface area contributed by atoms with Crippen molar-refractivity contribution in [3.05, 3.63) is 96.7 Å². The molecule has 3 unspecified atom stereocenters. The molecule has 3 aliphatic rings. The van der Waals surface area contributed by atoms with Crippen molar-refractivity contribution in [3.63, 3.8) is 0 Å². The standard InChI is InChI=1S/C31H33N2O2/c1-3-21-19-33(20-24-9-6-8-22-7-4-5-10-26(22)24)16-14-23(21)17-30(33)31(34)27-13-15-32-29-12-11-25(35-2)18-28(27)29/h3-13,15,18,21,23,30-31,34H,1,14,16-17,19-20H2,2H3/q+1/t21?,23-,30?,31-,33?/m0/s1. The maximum absolute atomic E-state index is 12.0. The van der Waals surface area contributed by atoms with Crippen LogP contribution in [0.4, 0.5) is 0 Å². The molecule has 3 fully saturated rings. The Balaban J connectivity index is 1.44. The number of quaternary nitrogens is 1. The van der Waals surface area contributed by atoms with Crippen molar-refractivity contribution in [1.82, 2.24) is 4.98 Å². The zero-order valence-electron chi connectivity index (χ0n) is 20.3. The number of hydrogen-bond acceptors (Lipinski definition) is 3. The highest BCUT2D eigenvalue weighted by Crippen LogP contribution is 2.48.